The highest BCUT2D eigenvalue weighted by Gasteiger charge is 2.24. The number of hydrogen-bond donors (Lipinski definition) is 2. The Morgan fingerprint density at radius 2 is 1.95 bits per heavy atom. The zero-order valence-corrected chi connectivity index (χ0v) is 14.2. The minimum absolute atomic E-state index is 0.0208. The first kappa shape index (κ1) is 16.2. The predicted molar refractivity (Wildman–Crippen MR) is 83.8 cm³/mol. The third-order valence-corrected chi connectivity index (χ3v) is 6.91. The Balaban J connectivity index is 2.28. The van der Waals surface area contributed by atoms with E-state index in [1.54, 1.807) is 13.8 Å². The molecule has 21 heavy (non-hydrogen) atoms. The van der Waals surface area contributed by atoms with Crippen LogP contribution in [0.15, 0.2) is 23.1 Å². The van der Waals surface area contributed by atoms with Gasteiger partial charge in [-0.25, -0.2) is 17.9 Å². The van der Waals surface area contributed by atoms with Gasteiger partial charge in [0.1, 0.15) is 4.88 Å². The van der Waals surface area contributed by atoms with Crippen molar-refractivity contribution in [3.8, 4) is 0 Å². The molecule has 0 amide bonds. The molecule has 2 heterocycles. The van der Waals surface area contributed by atoms with Crippen molar-refractivity contribution in [2.75, 3.05) is 0 Å². The minimum Gasteiger partial charge on any atom is -0.477 e. The van der Waals surface area contributed by atoms with Gasteiger partial charge >= 0.3 is 5.97 Å². The lowest BCUT2D eigenvalue weighted by molar-refractivity contribution is 0.0702. The number of sulfonamides is 1. The third kappa shape index (κ3) is 3.52. The number of thiophene rings is 2. The molecule has 8 heteroatoms. The minimum atomic E-state index is -3.74. The second kappa shape index (κ2) is 5.88. The van der Waals surface area contributed by atoms with Crippen LogP contribution in [0, 0.1) is 13.8 Å². The molecule has 0 aliphatic rings. The predicted octanol–water partition coefficient (Wildman–Crippen LogP) is 3.16. The molecule has 2 N–H and O–H groups in total. The Hall–Kier alpha value is -1.22. The van der Waals surface area contributed by atoms with E-state index in [1.165, 1.54) is 17.4 Å². The normalized spacial score (nSPS) is 13.3. The van der Waals surface area contributed by atoms with Gasteiger partial charge < -0.3 is 5.11 Å². The molecular formula is C13H15NO4S3. The summed E-state index contributed by atoms with van der Waals surface area (Å²) in [6, 6.07) is 4.66. The van der Waals surface area contributed by atoms with Crippen LogP contribution in [-0.4, -0.2) is 19.5 Å². The Kier molecular flexibility index (Phi) is 4.52. The van der Waals surface area contributed by atoms with E-state index in [0.29, 0.717) is 4.88 Å². The lowest BCUT2D eigenvalue weighted by Crippen LogP contribution is -2.26. The van der Waals surface area contributed by atoms with Gasteiger partial charge in [-0.15, -0.1) is 22.7 Å². The van der Waals surface area contributed by atoms with Crippen LogP contribution < -0.4 is 4.72 Å². The number of aromatic carboxylic acids is 1. The topological polar surface area (TPSA) is 83.5 Å². The van der Waals surface area contributed by atoms with E-state index in [4.69, 9.17) is 5.11 Å². The fraction of sp³-hybridized carbons (Fsp3) is 0.308. The van der Waals surface area contributed by atoms with Gasteiger partial charge in [-0.2, -0.15) is 0 Å². The van der Waals surface area contributed by atoms with Crippen LogP contribution in [0.2, 0.25) is 0 Å². The molecule has 0 aliphatic carbocycles. The second-order valence-electron chi connectivity index (χ2n) is 4.63. The Morgan fingerprint density at radius 3 is 2.43 bits per heavy atom. The monoisotopic (exact) mass is 345 g/mol. The van der Waals surface area contributed by atoms with Crippen molar-refractivity contribution in [2.45, 2.75) is 31.7 Å². The van der Waals surface area contributed by atoms with Gasteiger partial charge in [0.05, 0.1) is 10.9 Å². The molecule has 0 saturated carbocycles. The van der Waals surface area contributed by atoms with Crippen molar-refractivity contribution in [3.63, 3.8) is 0 Å². The summed E-state index contributed by atoms with van der Waals surface area (Å²) >= 11 is 2.49. The lowest BCUT2D eigenvalue weighted by atomic mass is 10.3. The summed E-state index contributed by atoms with van der Waals surface area (Å²) in [5, 5.41) is 8.95. The quantitative estimate of drug-likeness (QED) is 0.872. The summed E-state index contributed by atoms with van der Waals surface area (Å²) in [4.78, 5) is 13.5. The molecule has 2 aromatic heterocycles. The van der Waals surface area contributed by atoms with Crippen LogP contribution in [-0.2, 0) is 10.0 Å². The van der Waals surface area contributed by atoms with E-state index >= 15 is 0 Å². The van der Waals surface area contributed by atoms with Crippen LogP contribution in [0.5, 0.6) is 0 Å². The maximum Gasteiger partial charge on any atom is 0.345 e. The summed E-state index contributed by atoms with van der Waals surface area (Å²) in [7, 11) is -3.74. The van der Waals surface area contributed by atoms with Gasteiger partial charge in [0, 0.05) is 14.6 Å². The molecule has 0 fully saturated rings. The molecule has 0 spiro atoms. The van der Waals surface area contributed by atoms with Crippen molar-refractivity contribution in [1.82, 2.24) is 4.72 Å². The van der Waals surface area contributed by atoms with Crippen LogP contribution >= 0.6 is 22.7 Å². The van der Waals surface area contributed by atoms with E-state index in [-0.39, 0.29) is 15.8 Å². The Labute approximate surface area is 131 Å². The Morgan fingerprint density at radius 1 is 1.29 bits per heavy atom. The summed E-state index contributed by atoms with van der Waals surface area (Å²) in [6.45, 7) is 5.33. The molecule has 0 aromatic carbocycles. The zero-order chi connectivity index (χ0) is 15.8. The fourth-order valence-corrected chi connectivity index (χ4v) is 5.49. The number of rotatable bonds is 5. The molecule has 5 nitrogen and oxygen atoms in total. The SMILES string of the molecule is Cc1ccc(C(C)NS(=O)(=O)c2cc(C(=O)O)sc2C)s1. The highest BCUT2D eigenvalue weighted by atomic mass is 32.2. The van der Waals surface area contributed by atoms with E-state index in [2.05, 4.69) is 4.72 Å². The van der Waals surface area contributed by atoms with Crippen LogP contribution in [0.4, 0.5) is 0 Å². The molecule has 0 aliphatic heterocycles. The third-order valence-electron chi connectivity index (χ3n) is 2.89. The van der Waals surface area contributed by atoms with E-state index < -0.39 is 16.0 Å². The van der Waals surface area contributed by atoms with Crippen molar-refractivity contribution in [2.24, 2.45) is 0 Å². The molecule has 2 rings (SSSR count). The first-order valence-corrected chi connectivity index (χ1v) is 9.24. The Bertz CT molecular complexity index is 773. The molecule has 1 unspecified atom stereocenters. The van der Waals surface area contributed by atoms with Gasteiger partial charge in [0.25, 0.3) is 0 Å². The van der Waals surface area contributed by atoms with E-state index in [1.807, 2.05) is 19.1 Å². The second-order valence-corrected chi connectivity index (χ2v) is 8.89. The van der Waals surface area contributed by atoms with Crippen LogP contribution in [0.25, 0.3) is 0 Å². The number of carboxylic acid groups (broad SMARTS) is 1. The molecule has 0 saturated heterocycles. The van der Waals surface area contributed by atoms with Gasteiger partial charge in [-0.05, 0) is 39.0 Å². The van der Waals surface area contributed by atoms with Crippen molar-refractivity contribution in [3.05, 3.63) is 37.7 Å². The van der Waals surface area contributed by atoms with Gasteiger partial charge in [0.2, 0.25) is 10.0 Å². The summed E-state index contributed by atoms with van der Waals surface area (Å²) in [6.07, 6.45) is 0. The summed E-state index contributed by atoms with van der Waals surface area (Å²) < 4.78 is 27.4. The maximum atomic E-state index is 12.4. The molecule has 0 bridgehead atoms. The first-order valence-electron chi connectivity index (χ1n) is 6.13. The average Bonchev–Trinajstić information content (AvgIpc) is 2.95. The first-order chi connectivity index (χ1) is 9.70. The fourth-order valence-electron chi connectivity index (χ4n) is 1.88. The number of carbonyl (C=O) groups is 1. The molecular weight excluding hydrogens is 330 g/mol. The highest BCUT2D eigenvalue weighted by molar-refractivity contribution is 7.89. The van der Waals surface area contributed by atoms with Crippen molar-refractivity contribution >= 4 is 38.7 Å². The van der Waals surface area contributed by atoms with E-state index in [0.717, 1.165) is 21.1 Å². The molecule has 2 aromatic rings. The number of nitrogens with one attached hydrogen (secondary N) is 1. The summed E-state index contributed by atoms with van der Waals surface area (Å²) in [5.41, 5.74) is 0. The molecule has 1 atom stereocenters. The largest absolute Gasteiger partial charge is 0.477 e. The maximum absolute atomic E-state index is 12.4. The zero-order valence-electron chi connectivity index (χ0n) is 11.7. The molecule has 114 valence electrons. The van der Waals surface area contributed by atoms with Crippen molar-refractivity contribution in [1.29, 1.82) is 0 Å². The van der Waals surface area contributed by atoms with Gasteiger partial charge in [0.15, 0.2) is 0 Å². The molecule has 0 radical (unpaired) electrons. The highest BCUT2D eigenvalue weighted by Crippen LogP contribution is 2.28. The number of hydrogen-bond acceptors (Lipinski definition) is 5. The lowest BCUT2D eigenvalue weighted by Gasteiger charge is -2.12. The number of carboxylic acids is 1. The average molecular weight is 345 g/mol. The smallest absolute Gasteiger partial charge is 0.345 e. The van der Waals surface area contributed by atoms with Crippen molar-refractivity contribution < 1.29 is 18.3 Å². The summed E-state index contributed by atoms with van der Waals surface area (Å²) in [5.74, 6) is -1.12. The number of aryl methyl sites for hydroxylation is 2. The van der Waals surface area contributed by atoms with Gasteiger partial charge in [-0.3, -0.25) is 0 Å². The van der Waals surface area contributed by atoms with Crippen LogP contribution in [0.3, 0.4) is 0 Å². The van der Waals surface area contributed by atoms with E-state index in [9.17, 15) is 13.2 Å². The van der Waals surface area contributed by atoms with Crippen LogP contribution in [0.1, 0.15) is 37.3 Å². The van der Waals surface area contributed by atoms with Gasteiger partial charge in [-0.1, -0.05) is 0 Å². The standard InChI is InChI=1S/C13H15NO4S3/c1-7-4-5-10(19-7)8(2)14-21(17,18)12-6-11(13(15)16)20-9(12)3/h4-6,8,14H,1-3H3,(H,15,16).